The van der Waals surface area contributed by atoms with Gasteiger partial charge < -0.3 is 0 Å². The number of nitrogens with one attached hydrogen (secondary N) is 1. The Morgan fingerprint density at radius 2 is 2.04 bits per heavy atom. The lowest BCUT2D eigenvalue weighted by Crippen LogP contribution is -1.88. The molecular formula is C20H19N3O2. The molecule has 0 saturated carbocycles. The highest BCUT2D eigenvalue weighted by molar-refractivity contribution is 5.84. The normalized spacial score (nSPS) is 12.1. The van der Waals surface area contributed by atoms with Crippen molar-refractivity contribution in [2.75, 3.05) is 0 Å². The first kappa shape index (κ1) is 16.6. The second-order valence-electron chi connectivity index (χ2n) is 5.70. The summed E-state index contributed by atoms with van der Waals surface area (Å²) in [7, 11) is 0. The molecule has 0 bridgehead atoms. The molecular weight excluding hydrogens is 314 g/mol. The molecule has 3 aromatic rings. The molecule has 0 aliphatic carbocycles. The smallest absolute Gasteiger partial charge is 0.270 e. The van der Waals surface area contributed by atoms with Crippen molar-refractivity contribution in [3.63, 3.8) is 0 Å². The summed E-state index contributed by atoms with van der Waals surface area (Å²) in [6.45, 7) is 2.11. The number of allylic oxidation sites excluding steroid dienone is 4. The maximum atomic E-state index is 11.0. The fourth-order valence-electron chi connectivity index (χ4n) is 2.76. The molecule has 1 aromatic heterocycles. The van der Waals surface area contributed by atoms with E-state index in [0.29, 0.717) is 6.42 Å². The topological polar surface area (TPSA) is 71.8 Å². The van der Waals surface area contributed by atoms with E-state index in [1.165, 1.54) is 11.6 Å². The number of rotatable bonds is 6. The molecule has 1 heterocycles. The molecule has 1 N–H and O–H groups in total. The molecule has 5 nitrogen and oxygen atoms in total. The van der Waals surface area contributed by atoms with Crippen LogP contribution in [0.1, 0.15) is 24.6 Å². The minimum absolute atomic E-state index is 0.0787. The van der Waals surface area contributed by atoms with Gasteiger partial charge in [0.15, 0.2) is 0 Å². The van der Waals surface area contributed by atoms with Gasteiger partial charge in [-0.25, -0.2) is 0 Å². The highest BCUT2D eigenvalue weighted by atomic mass is 16.6. The van der Waals surface area contributed by atoms with Crippen molar-refractivity contribution in [2.45, 2.75) is 19.8 Å². The van der Waals surface area contributed by atoms with E-state index in [4.69, 9.17) is 0 Å². The van der Waals surface area contributed by atoms with Gasteiger partial charge >= 0.3 is 0 Å². The molecule has 0 fully saturated rings. The first-order valence-electron chi connectivity index (χ1n) is 8.22. The Balaban J connectivity index is 1.83. The molecule has 0 aliphatic rings. The first-order chi connectivity index (χ1) is 12.2. The molecule has 25 heavy (non-hydrogen) atoms. The molecule has 0 aliphatic heterocycles. The van der Waals surface area contributed by atoms with E-state index < -0.39 is 0 Å². The number of benzene rings is 2. The van der Waals surface area contributed by atoms with Crippen LogP contribution >= 0.6 is 0 Å². The van der Waals surface area contributed by atoms with Gasteiger partial charge in [-0.1, -0.05) is 55.5 Å². The van der Waals surface area contributed by atoms with Crippen LogP contribution in [0.25, 0.3) is 16.5 Å². The fourth-order valence-corrected chi connectivity index (χ4v) is 2.76. The van der Waals surface area contributed by atoms with Crippen molar-refractivity contribution in [2.24, 2.45) is 0 Å². The third kappa shape index (κ3) is 3.83. The van der Waals surface area contributed by atoms with Gasteiger partial charge in [-0.05, 0) is 23.6 Å². The largest absolute Gasteiger partial charge is 0.281 e. The highest BCUT2D eigenvalue weighted by Crippen LogP contribution is 2.23. The van der Waals surface area contributed by atoms with E-state index in [9.17, 15) is 10.1 Å². The SMILES string of the molecule is CC/C=C(\C=C/Cc1[nH]nc2ccc([N+](=O)[O-])cc12)c1ccccc1. The van der Waals surface area contributed by atoms with Crippen LogP contribution in [0.3, 0.4) is 0 Å². The summed E-state index contributed by atoms with van der Waals surface area (Å²) in [5.74, 6) is 0. The molecule has 0 amide bonds. The number of nitro groups is 1. The molecule has 0 saturated heterocycles. The van der Waals surface area contributed by atoms with Crippen molar-refractivity contribution in [3.8, 4) is 0 Å². The van der Waals surface area contributed by atoms with Crippen LogP contribution in [0, 0.1) is 10.1 Å². The second-order valence-corrected chi connectivity index (χ2v) is 5.70. The molecule has 2 aromatic carbocycles. The van der Waals surface area contributed by atoms with Gasteiger partial charge in [-0.15, -0.1) is 0 Å². The average Bonchev–Trinajstić information content (AvgIpc) is 3.04. The maximum absolute atomic E-state index is 11.0. The van der Waals surface area contributed by atoms with Crippen LogP contribution in [0.15, 0.2) is 66.8 Å². The molecule has 0 radical (unpaired) electrons. The minimum Gasteiger partial charge on any atom is -0.281 e. The van der Waals surface area contributed by atoms with Gasteiger partial charge in [0.2, 0.25) is 0 Å². The molecule has 0 unspecified atom stereocenters. The van der Waals surface area contributed by atoms with E-state index in [1.54, 1.807) is 12.1 Å². The molecule has 0 spiro atoms. The molecule has 5 heteroatoms. The third-order valence-electron chi connectivity index (χ3n) is 3.98. The van der Waals surface area contributed by atoms with Crippen LogP contribution in [0.2, 0.25) is 0 Å². The average molecular weight is 333 g/mol. The number of aromatic nitrogens is 2. The van der Waals surface area contributed by atoms with Crippen molar-refractivity contribution in [3.05, 3.63) is 88.1 Å². The number of hydrogen-bond acceptors (Lipinski definition) is 3. The van der Waals surface area contributed by atoms with Crippen LogP contribution < -0.4 is 0 Å². The minimum atomic E-state index is -0.385. The second kappa shape index (κ2) is 7.57. The van der Waals surface area contributed by atoms with Crippen molar-refractivity contribution in [1.82, 2.24) is 10.2 Å². The number of nitro benzene ring substituents is 1. The Labute approximate surface area is 145 Å². The number of H-pyrrole nitrogens is 1. The Morgan fingerprint density at radius 1 is 1.24 bits per heavy atom. The number of hydrogen-bond donors (Lipinski definition) is 1. The molecule has 3 rings (SSSR count). The van der Waals surface area contributed by atoms with E-state index in [0.717, 1.165) is 28.6 Å². The maximum Gasteiger partial charge on any atom is 0.270 e. The summed E-state index contributed by atoms with van der Waals surface area (Å²) in [5, 5.41) is 19.0. The van der Waals surface area contributed by atoms with E-state index in [-0.39, 0.29) is 10.6 Å². The van der Waals surface area contributed by atoms with E-state index in [2.05, 4.69) is 47.5 Å². The lowest BCUT2D eigenvalue weighted by molar-refractivity contribution is -0.384. The summed E-state index contributed by atoms with van der Waals surface area (Å²) >= 11 is 0. The van der Waals surface area contributed by atoms with E-state index >= 15 is 0 Å². The van der Waals surface area contributed by atoms with Gasteiger partial charge in [0.1, 0.15) is 0 Å². The summed E-state index contributed by atoms with van der Waals surface area (Å²) in [4.78, 5) is 10.6. The standard InChI is InChI=1S/C20H19N3O2/c1-2-7-15(16-8-4-3-5-9-16)10-6-11-19-18-14-17(23(24)25)12-13-20(18)22-21-19/h3-10,12-14H,2,11H2,1H3,(H,21,22)/b10-6-,15-7+. The van der Waals surface area contributed by atoms with Crippen molar-refractivity contribution in [1.29, 1.82) is 0 Å². The number of non-ortho nitro benzene ring substituents is 1. The van der Waals surface area contributed by atoms with Crippen molar-refractivity contribution < 1.29 is 4.92 Å². The van der Waals surface area contributed by atoms with Crippen molar-refractivity contribution >= 4 is 22.2 Å². The van der Waals surface area contributed by atoms with Gasteiger partial charge in [0, 0.05) is 29.6 Å². The van der Waals surface area contributed by atoms with Crippen LogP contribution in [-0.2, 0) is 6.42 Å². The summed E-state index contributed by atoms with van der Waals surface area (Å²) in [5.41, 5.74) is 4.03. The zero-order valence-corrected chi connectivity index (χ0v) is 14.0. The Hall–Kier alpha value is -3.21. The summed E-state index contributed by atoms with van der Waals surface area (Å²) in [6.07, 6.45) is 7.91. The van der Waals surface area contributed by atoms with Gasteiger partial charge in [-0.3, -0.25) is 15.2 Å². The zero-order valence-electron chi connectivity index (χ0n) is 14.0. The monoisotopic (exact) mass is 333 g/mol. The lowest BCUT2D eigenvalue weighted by Gasteiger charge is -2.02. The Bertz CT molecular complexity index is 940. The Morgan fingerprint density at radius 3 is 2.76 bits per heavy atom. The molecule has 0 atom stereocenters. The van der Waals surface area contributed by atoms with Gasteiger partial charge in [0.05, 0.1) is 10.4 Å². The number of fused-ring (bicyclic) bond motifs is 1. The summed E-state index contributed by atoms with van der Waals surface area (Å²) in [6, 6.07) is 14.9. The van der Waals surface area contributed by atoms with Crippen LogP contribution in [0.5, 0.6) is 0 Å². The lowest BCUT2D eigenvalue weighted by atomic mass is 10.0. The zero-order chi connectivity index (χ0) is 17.6. The first-order valence-corrected chi connectivity index (χ1v) is 8.22. The fraction of sp³-hybridized carbons (Fsp3) is 0.150. The van der Waals surface area contributed by atoms with Crippen LogP contribution in [0.4, 0.5) is 5.69 Å². The predicted octanol–water partition coefficient (Wildman–Crippen LogP) is 5.06. The van der Waals surface area contributed by atoms with Crippen LogP contribution in [-0.4, -0.2) is 15.1 Å². The molecule has 126 valence electrons. The summed E-state index contributed by atoms with van der Waals surface area (Å²) < 4.78 is 0. The Kier molecular flexibility index (Phi) is 5.04. The number of aromatic amines is 1. The quantitative estimate of drug-likeness (QED) is 0.389. The van der Waals surface area contributed by atoms with E-state index in [1.807, 2.05) is 18.2 Å². The third-order valence-corrected chi connectivity index (χ3v) is 3.98. The predicted molar refractivity (Wildman–Crippen MR) is 100 cm³/mol. The number of nitrogens with zero attached hydrogens (tertiary/aromatic N) is 2. The highest BCUT2D eigenvalue weighted by Gasteiger charge is 2.10. The van der Waals surface area contributed by atoms with Gasteiger partial charge in [-0.2, -0.15) is 5.10 Å². The van der Waals surface area contributed by atoms with Gasteiger partial charge in [0.25, 0.3) is 5.69 Å².